The first-order chi connectivity index (χ1) is 7.54. The first-order valence-corrected chi connectivity index (χ1v) is 5.81. The van der Waals surface area contributed by atoms with Crippen molar-refractivity contribution in [1.29, 1.82) is 0 Å². The van der Waals surface area contributed by atoms with Crippen molar-refractivity contribution in [3.63, 3.8) is 0 Å². The molecule has 0 fully saturated rings. The predicted octanol–water partition coefficient (Wildman–Crippen LogP) is 3.32. The van der Waals surface area contributed by atoms with Gasteiger partial charge in [0.2, 0.25) is 5.91 Å². The molecule has 0 N–H and O–H groups in total. The fourth-order valence-electron chi connectivity index (χ4n) is 1.31. The lowest BCUT2D eigenvalue weighted by molar-refractivity contribution is -0.130. The Kier molecular flexibility index (Phi) is 7.27. The van der Waals surface area contributed by atoms with Crippen molar-refractivity contribution in [1.82, 2.24) is 4.90 Å². The fraction of sp³-hybridized carbons (Fsp3) is 0.500. The van der Waals surface area contributed by atoms with Crippen LogP contribution in [-0.2, 0) is 4.79 Å². The van der Waals surface area contributed by atoms with Gasteiger partial charge in [-0.15, -0.1) is 0 Å². The molecule has 0 aromatic heterocycles. The Morgan fingerprint density at radius 3 is 2.31 bits per heavy atom. The van der Waals surface area contributed by atoms with E-state index in [1.54, 1.807) is 0 Å². The molecule has 2 heteroatoms. The van der Waals surface area contributed by atoms with Crippen LogP contribution >= 0.6 is 0 Å². The van der Waals surface area contributed by atoms with E-state index in [0.717, 1.165) is 17.7 Å². The van der Waals surface area contributed by atoms with Crippen LogP contribution < -0.4 is 0 Å². The van der Waals surface area contributed by atoms with Crippen LogP contribution in [0.4, 0.5) is 0 Å². The molecule has 0 bridgehead atoms. The number of hydrogen-bond donors (Lipinski definition) is 0. The minimum atomic E-state index is 0.200. The van der Waals surface area contributed by atoms with Crippen molar-refractivity contribution >= 4 is 5.91 Å². The van der Waals surface area contributed by atoms with Crippen LogP contribution in [0, 0.1) is 0 Å². The second-order valence-corrected chi connectivity index (χ2v) is 3.80. The van der Waals surface area contributed by atoms with Crippen molar-refractivity contribution < 1.29 is 4.79 Å². The third kappa shape index (κ3) is 5.54. The Hall–Kier alpha value is -1.31. The number of amides is 1. The lowest BCUT2D eigenvalue weighted by atomic mass is 10.2. The summed E-state index contributed by atoms with van der Waals surface area (Å²) < 4.78 is 0. The molecule has 0 aliphatic heterocycles. The van der Waals surface area contributed by atoms with Crippen molar-refractivity contribution in [3.05, 3.63) is 36.0 Å². The van der Waals surface area contributed by atoms with Crippen LogP contribution in [-0.4, -0.2) is 23.9 Å². The summed E-state index contributed by atoms with van der Waals surface area (Å²) in [5.41, 5.74) is 2.16. The van der Waals surface area contributed by atoms with Gasteiger partial charge in [0.15, 0.2) is 0 Å². The second kappa shape index (κ2) is 7.91. The van der Waals surface area contributed by atoms with E-state index in [-0.39, 0.29) is 5.91 Å². The standard InChI is InChI=1S/C14H23NO/c1-6-13(10-9-12(4)5)11-15(8-3)14(16)7-2/h6,9-10H,4,7-8,11H2,1-3,5H3/b10-9-,13-6+. The number of rotatable bonds is 6. The molecule has 0 aromatic carbocycles. The summed E-state index contributed by atoms with van der Waals surface area (Å²) in [5.74, 6) is 0.200. The third-order valence-electron chi connectivity index (χ3n) is 2.36. The smallest absolute Gasteiger partial charge is 0.222 e. The first kappa shape index (κ1) is 14.7. The van der Waals surface area contributed by atoms with E-state index in [2.05, 4.69) is 6.58 Å². The number of carbonyl (C=O) groups is 1. The highest BCUT2D eigenvalue weighted by Crippen LogP contribution is 2.05. The van der Waals surface area contributed by atoms with E-state index in [9.17, 15) is 4.79 Å². The Morgan fingerprint density at radius 1 is 1.31 bits per heavy atom. The van der Waals surface area contributed by atoms with Crippen molar-refractivity contribution in [3.8, 4) is 0 Å². The normalized spacial score (nSPS) is 11.9. The van der Waals surface area contributed by atoms with Crippen LogP contribution in [0.3, 0.4) is 0 Å². The summed E-state index contributed by atoms with van der Waals surface area (Å²) >= 11 is 0. The molecule has 2 nitrogen and oxygen atoms in total. The zero-order valence-electron chi connectivity index (χ0n) is 10.9. The van der Waals surface area contributed by atoms with E-state index in [0.29, 0.717) is 13.0 Å². The summed E-state index contributed by atoms with van der Waals surface area (Å²) in [6, 6.07) is 0. The van der Waals surface area contributed by atoms with E-state index < -0.39 is 0 Å². The number of carbonyl (C=O) groups excluding carboxylic acids is 1. The topological polar surface area (TPSA) is 20.3 Å². The van der Waals surface area contributed by atoms with Gasteiger partial charge in [0.25, 0.3) is 0 Å². The summed E-state index contributed by atoms with van der Waals surface area (Å²) in [6.07, 6.45) is 6.59. The lowest BCUT2D eigenvalue weighted by Gasteiger charge is -2.20. The maximum absolute atomic E-state index is 11.6. The number of nitrogens with zero attached hydrogens (tertiary/aromatic N) is 1. The molecule has 0 unspecified atom stereocenters. The van der Waals surface area contributed by atoms with E-state index in [1.165, 1.54) is 0 Å². The van der Waals surface area contributed by atoms with Gasteiger partial charge in [-0.2, -0.15) is 0 Å². The van der Waals surface area contributed by atoms with Gasteiger partial charge in [0.1, 0.15) is 0 Å². The van der Waals surface area contributed by atoms with Gasteiger partial charge in [-0.3, -0.25) is 4.79 Å². The highest BCUT2D eigenvalue weighted by Gasteiger charge is 2.09. The second-order valence-electron chi connectivity index (χ2n) is 3.80. The van der Waals surface area contributed by atoms with Gasteiger partial charge in [-0.1, -0.05) is 37.3 Å². The zero-order chi connectivity index (χ0) is 12.6. The molecular weight excluding hydrogens is 198 g/mol. The summed E-state index contributed by atoms with van der Waals surface area (Å²) in [4.78, 5) is 13.4. The average Bonchev–Trinajstić information content (AvgIpc) is 2.28. The van der Waals surface area contributed by atoms with Gasteiger partial charge in [-0.25, -0.2) is 0 Å². The number of likely N-dealkylation sites (N-methyl/N-ethyl adjacent to an activating group) is 1. The quantitative estimate of drug-likeness (QED) is 0.630. The van der Waals surface area contributed by atoms with Crippen LogP contribution in [0.1, 0.15) is 34.1 Å². The number of allylic oxidation sites excluding steroid dienone is 3. The molecule has 0 radical (unpaired) electrons. The molecule has 0 saturated heterocycles. The Balaban J connectivity index is 4.52. The van der Waals surface area contributed by atoms with Crippen molar-refractivity contribution in [2.75, 3.05) is 13.1 Å². The monoisotopic (exact) mass is 221 g/mol. The molecule has 90 valence electrons. The van der Waals surface area contributed by atoms with Crippen molar-refractivity contribution in [2.45, 2.75) is 34.1 Å². The molecule has 0 aliphatic carbocycles. The van der Waals surface area contributed by atoms with Gasteiger partial charge < -0.3 is 4.90 Å². The van der Waals surface area contributed by atoms with Crippen molar-refractivity contribution in [2.24, 2.45) is 0 Å². The predicted molar refractivity (Wildman–Crippen MR) is 70.3 cm³/mol. The van der Waals surface area contributed by atoms with E-state index in [4.69, 9.17) is 0 Å². The van der Waals surface area contributed by atoms with Crippen LogP contribution in [0.5, 0.6) is 0 Å². The maximum atomic E-state index is 11.6. The fourth-order valence-corrected chi connectivity index (χ4v) is 1.31. The summed E-state index contributed by atoms with van der Waals surface area (Å²) in [7, 11) is 0. The minimum absolute atomic E-state index is 0.200. The molecule has 0 atom stereocenters. The number of hydrogen-bond acceptors (Lipinski definition) is 1. The molecular formula is C14H23NO. The molecule has 0 aromatic rings. The SMILES string of the molecule is C=C(C)/C=C\C(=C/C)CN(CC)C(=O)CC. The lowest BCUT2D eigenvalue weighted by Crippen LogP contribution is -2.31. The van der Waals surface area contributed by atoms with Gasteiger partial charge in [0.05, 0.1) is 0 Å². The Bertz CT molecular complexity index is 300. The largest absolute Gasteiger partial charge is 0.339 e. The molecule has 0 aliphatic rings. The Labute approximate surface area is 99.3 Å². The highest BCUT2D eigenvalue weighted by molar-refractivity contribution is 5.76. The van der Waals surface area contributed by atoms with Gasteiger partial charge >= 0.3 is 0 Å². The van der Waals surface area contributed by atoms with E-state index >= 15 is 0 Å². The van der Waals surface area contributed by atoms with Crippen LogP contribution in [0.25, 0.3) is 0 Å². The Morgan fingerprint density at radius 2 is 1.94 bits per heavy atom. The summed E-state index contributed by atoms with van der Waals surface area (Å²) in [6.45, 7) is 13.1. The van der Waals surface area contributed by atoms with E-state index in [1.807, 2.05) is 50.8 Å². The molecule has 0 rings (SSSR count). The van der Waals surface area contributed by atoms with Gasteiger partial charge in [-0.05, 0) is 26.3 Å². The molecule has 0 spiro atoms. The first-order valence-electron chi connectivity index (χ1n) is 5.81. The molecule has 0 saturated carbocycles. The molecule has 16 heavy (non-hydrogen) atoms. The highest BCUT2D eigenvalue weighted by atomic mass is 16.2. The minimum Gasteiger partial charge on any atom is -0.339 e. The average molecular weight is 221 g/mol. The third-order valence-corrected chi connectivity index (χ3v) is 2.36. The summed E-state index contributed by atoms with van der Waals surface area (Å²) in [5, 5.41) is 0. The van der Waals surface area contributed by atoms with Gasteiger partial charge in [0, 0.05) is 19.5 Å². The molecule has 0 heterocycles. The van der Waals surface area contributed by atoms with Crippen LogP contribution in [0.2, 0.25) is 0 Å². The van der Waals surface area contributed by atoms with Crippen LogP contribution in [0.15, 0.2) is 36.0 Å². The molecule has 1 amide bonds. The maximum Gasteiger partial charge on any atom is 0.222 e. The zero-order valence-corrected chi connectivity index (χ0v) is 10.9.